The minimum absolute atomic E-state index is 0.161. The fourth-order valence-electron chi connectivity index (χ4n) is 2.70. The molecule has 1 aliphatic rings. The van der Waals surface area contributed by atoms with Crippen LogP contribution in [0.5, 0.6) is 5.75 Å². The molecule has 4 nitrogen and oxygen atoms in total. The molecule has 0 bridgehead atoms. The summed E-state index contributed by atoms with van der Waals surface area (Å²) in [4.78, 5) is 0. The van der Waals surface area contributed by atoms with Crippen LogP contribution < -0.4 is 10.1 Å². The molecule has 114 valence electrons. The van der Waals surface area contributed by atoms with E-state index in [2.05, 4.69) is 18.3 Å². The summed E-state index contributed by atoms with van der Waals surface area (Å²) in [5.41, 5.74) is -0.388. The Bertz CT molecular complexity index is 458. The first kappa shape index (κ1) is 15.8. The number of para-hydroxylation sites is 1. The van der Waals surface area contributed by atoms with Gasteiger partial charge in [-0.05, 0) is 37.9 Å². The van der Waals surface area contributed by atoms with Gasteiger partial charge in [0.05, 0.1) is 18.8 Å². The van der Waals surface area contributed by atoms with Crippen molar-refractivity contribution in [1.82, 2.24) is 5.32 Å². The minimum atomic E-state index is -0.388. The Hall–Kier alpha value is -1.57. The lowest BCUT2D eigenvalue weighted by molar-refractivity contribution is 0.0352. The molecule has 0 spiro atoms. The second-order valence-corrected chi connectivity index (χ2v) is 5.52. The zero-order valence-corrected chi connectivity index (χ0v) is 12.7. The highest BCUT2D eigenvalue weighted by Crippen LogP contribution is 2.31. The van der Waals surface area contributed by atoms with Crippen LogP contribution >= 0.6 is 0 Å². The van der Waals surface area contributed by atoms with Gasteiger partial charge in [0, 0.05) is 6.42 Å². The number of nitriles is 1. The minimum Gasteiger partial charge on any atom is -0.491 e. The molecule has 4 heteroatoms. The standard InChI is InChI=1S/C17H24N2O2/c1-2-10-19-17(14-18)9-8-16(13-17)21-12-11-20-15-6-4-3-5-7-15/h3-7,16,19H,2,8-13H2,1H3. The number of nitrogens with zero attached hydrogens (tertiary/aromatic N) is 1. The fraction of sp³-hybridized carbons (Fsp3) is 0.588. The van der Waals surface area contributed by atoms with Crippen LogP contribution in [0.3, 0.4) is 0 Å². The van der Waals surface area contributed by atoms with E-state index in [1.54, 1.807) is 0 Å². The van der Waals surface area contributed by atoms with Crippen LogP contribution in [0.1, 0.15) is 32.6 Å². The smallest absolute Gasteiger partial charge is 0.119 e. The van der Waals surface area contributed by atoms with Gasteiger partial charge in [0.1, 0.15) is 17.9 Å². The molecule has 1 aromatic carbocycles. The molecule has 2 atom stereocenters. The molecule has 1 fully saturated rings. The molecular weight excluding hydrogens is 264 g/mol. The lowest BCUT2D eigenvalue weighted by Crippen LogP contribution is -2.42. The molecule has 2 unspecified atom stereocenters. The number of rotatable bonds is 8. The summed E-state index contributed by atoms with van der Waals surface area (Å²) in [6.45, 7) is 4.11. The van der Waals surface area contributed by atoms with Crippen LogP contribution in [0.25, 0.3) is 0 Å². The highest BCUT2D eigenvalue weighted by Gasteiger charge is 2.39. The van der Waals surface area contributed by atoms with E-state index in [0.717, 1.165) is 38.0 Å². The highest BCUT2D eigenvalue weighted by atomic mass is 16.5. The van der Waals surface area contributed by atoms with Crippen molar-refractivity contribution in [2.45, 2.75) is 44.2 Å². The van der Waals surface area contributed by atoms with Crippen molar-refractivity contribution in [3.8, 4) is 11.8 Å². The van der Waals surface area contributed by atoms with Gasteiger partial charge >= 0.3 is 0 Å². The summed E-state index contributed by atoms with van der Waals surface area (Å²) in [6, 6.07) is 12.2. The fourth-order valence-corrected chi connectivity index (χ4v) is 2.70. The molecule has 2 rings (SSSR count). The largest absolute Gasteiger partial charge is 0.491 e. The van der Waals surface area contributed by atoms with Crippen LogP contribution in [0.2, 0.25) is 0 Å². The van der Waals surface area contributed by atoms with Gasteiger partial charge in [0.25, 0.3) is 0 Å². The van der Waals surface area contributed by atoms with Gasteiger partial charge in [0.15, 0.2) is 0 Å². The molecule has 1 N–H and O–H groups in total. The summed E-state index contributed by atoms with van der Waals surface area (Å²) < 4.78 is 11.4. The quantitative estimate of drug-likeness (QED) is 0.747. The number of nitrogens with one attached hydrogen (secondary N) is 1. The van der Waals surface area contributed by atoms with Crippen LogP contribution in [0.4, 0.5) is 0 Å². The third-order valence-corrected chi connectivity index (χ3v) is 3.85. The summed E-state index contributed by atoms with van der Waals surface area (Å²) in [5.74, 6) is 0.864. The third kappa shape index (κ3) is 4.73. The van der Waals surface area contributed by atoms with Crippen molar-refractivity contribution in [3.63, 3.8) is 0 Å². The summed E-state index contributed by atoms with van der Waals surface area (Å²) >= 11 is 0. The van der Waals surface area contributed by atoms with Crippen molar-refractivity contribution in [3.05, 3.63) is 30.3 Å². The normalized spacial score (nSPS) is 24.7. The van der Waals surface area contributed by atoms with E-state index < -0.39 is 0 Å². The maximum Gasteiger partial charge on any atom is 0.119 e. The van der Waals surface area contributed by atoms with Crippen molar-refractivity contribution >= 4 is 0 Å². The number of ether oxygens (including phenoxy) is 2. The summed E-state index contributed by atoms with van der Waals surface area (Å²) in [5, 5.41) is 12.8. The Labute approximate surface area is 127 Å². The molecule has 1 aliphatic carbocycles. The number of benzene rings is 1. The lowest BCUT2D eigenvalue weighted by atomic mass is 9.99. The summed E-state index contributed by atoms with van der Waals surface area (Å²) in [7, 11) is 0. The highest BCUT2D eigenvalue weighted by molar-refractivity contribution is 5.20. The van der Waals surface area contributed by atoms with Crippen molar-refractivity contribution in [1.29, 1.82) is 5.26 Å². The molecule has 0 amide bonds. The van der Waals surface area contributed by atoms with E-state index in [-0.39, 0.29) is 11.6 Å². The van der Waals surface area contributed by atoms with Gasteiger partial charge in [-0.2, -0.15) is 5.26 Å². The maximum absolute atomic E-state index is 9.39. The van der Waals surface area contributed by atoms with E-state index in [1.165, 1.54) is 0 Å². The van der Waals surface area contributed by atoms with Gasteiger partial charge in [0.2, 0.25) is 0 Å². The Balaban J connectivity index is 1.67. The average molecular weight is 288 g/mol. The molecule has 0 heterocycles. The number of hydrogen-bond acceptors (Lipinski definition) is 4. The second-order valence-electron chi connectivity index (χ2n) is 5.52. The zero-order valence-electron chi connectivity index (χ0n) is 12.7. The van der Waals surface area contributed by atoms with Gasteiger partial charge in [-0.25, -0.2) is 0 Å². The van der Waals surface area contributed by atoms with Crippen LogP contribution in [0.15, 0.2) is 30.3 Å². The molecule has 0 aromatic heterocycles. The molecule has 0 saturated heterocycles. The Kier molecular flexibility index (Phi) is 6.04. The average Bonchev–Trinajstić information content (AvgIpc) is 2.95. The van der Waals surface area contributed by atoms with Crippen molar-refractivity contribution < 1.29 is 9.47 Å². The molecular formula is C17H24N2O2. The van der Waals surface area contributed by atoms with Crippen LogP contribution in [-0.2, 0) is 4.74 Å². The topological polar surface area (TPSA) is 54.3 Å². The first-order valence-electron chi connectivity index (χ1n) is 7.74. The van der Waals surface area contributed by atoms with E-state index >= 15 is 0 Å². The summed E-state index contributed by atoms with van der Waals surface area (Å²) in [6.07, 6.45) is 3.78. The monoisotopic (exact) mass is 288 g/mol. The predicted octanol–water partition coefficient (Wildman–Crippen LogP) is 2.90. The molecule has 1 saturated carbocycles. The lowest BCUT2D eigenvalue weighted by Gasteiger charge is -2.22. The van der Waals surface area contributed by atoms with E-state index in [0.29, 0.717) is 13.2 Å². The first-order valence-corrected chi connectivity index (χ1v) is 7.74. The van der Waals surface area contributed by atoms with Gasteiger partial charge in [-0.15, -0.1) is 0 Å². The van der Waals surface area contributed by atoms with Gasteiger partial charge < -0.3 is 9.47 Å². The number of hydrogen-bond donors (Lipinski definition) is 1. The van der Waals surface area contributed by atoms with Gasteiger partial charge in [-0.3, -0.25) is 5.32 Å². The van der Waals surface area contributed by atoms with Crippen LogP contribution in [0, 0.1) is 11.3 Å². The van der Waals surface area contributed by atoms with Crippen molar-refractivity contribution in [2.24, 2.45) is 0 Å². The predicted molar refractivity (Wildman–Crippen MR) is 82.2 cm³/mol. The van der Waals surface area contributed by atoms with Gasteiger partial charge in [-0.1, -0.05) is 25.1 Å². The molecule has 0 aliphatic heterocycles. The molecule has 1 aromatic rings. The zero-order chi connectivity index (χ0) is 15.0. The first-order chi connectivity index (χ1) is 10.3. The third-order valence-electron chi connectivity index (χ3n) is 3.85. The second kappa shape index (κ2) is 8.02. The maximum atomic E-state index is 9.39. The SMILES string of the molecule is CCCNC1(C#N)CCC(OCCOc2ccccc2)C1. The Morgan fingerprint density at radius 1 is 1.33 bits per heavy atom. The van der Waals surface area contributed by atoms with E-state index in [4.69, 9.17) is 9.47 Å². The molecule has 0 radical (unpaired) electrons. The van der Waals surface area contributed by atoms with E-state index in [1.807, 2.05) is 30.3 Å². The van der Waals surface area contributed by atoms with E-state index in [9.17, 15) is 5.26 Å². The Morgan fingerprint density at radius 3 is 2.86 bits per heavy atom. The van der Waals surface area contributed by atoms with Crippen LogP contribution in [-0.4, -0.2) is 31.4 Å². The molecule has 21 heavy (non-hydrogen) atoms. The van der Waals surface area contributed by atoms with Crippen molar-refractivity contribution in [2.75, 3.05) is 19.8 Å². The Morgan fingerprint density at radius 2 is 2.14 bits per heavy atom.